The van der Waals surface area contributed by atoms with E-state index in [4.69, 9.17) is 0 Å². The van der Waals surface area contributed by atoms with E-state index in [1.54, 1.807) is 24.8 Å². The SMILES string of the molecule is C=C(Cc1ccccc1)Nc1cncc(C(=C)/C=c2/c(-c3cc4c(-c5cc(F)cc(CNS(=C)(=C)C)c5)cncc4[nH]3)n[nH]/c2=C/C)c1. The maximum atomic E-state index is 14.8. The minimum atomic E-state index is -1.45. The fraction of sp³-hybridized carbons (Fsp3) is 0.103. The molecule has 0 amide bonds. The van der Waals surface area contributed by atoms with Crippen molar-refractivity contribution in [3.63, 3.8) is 0 Å². The number of aromatic amines is 2. The number of nitrogens with one attached hydrogen (secondary N) is 4. The van der Waals surface area contributed by atoms with Crippen LogP contribution in [0, 0.1) is 5.82 Å². The van der Waals surface area contributed by atoms with E-state index in [-0.39, 0.29) is 5.82 Å². The lowest BCUT2D eigenvalue weighted by Crippen LogP contribution is -2.23. The Morgan fingerprint density at radius 1 is 0.958 bits per heavy atom. The Morgan fingerprint density at radius 3 is 2.52 bits per heavy atom. The highest BCUT2D eigenvalue weighted by molar-refractivity contribution is 8.25. The standard InChI is InChI=1S/C39H38FN7S/c1-7-36-34(13-25(2)30-18-32(22-41-21-30)44-26(3)14-27-11-9-8-10-12-27)39(47-46-36)37-19-33-35(23-42-24-38(33)45-37)29-15-28(16-31(40)17-29)20-43-48(4,5)6/h7-13,15-19,21-24,43-46H,2-5,14,20H2,1,6H3/b34-13+,36-7+. The second-order valence-electron chi connectivity index (χ2n) is 12.0. The van der Waals surface area contributed by atoms with Gasteiger partial charge in [-0.3, -0.25) is 19.8 Å². The van der Waals surface area contributed by atoms with Crippen LogP contribution < -0.4 is 20.6 Å². The van der Waals surface area contributed by atoms with Gasteiger partial charge in [0.1, 0.15) is 11.5 Å². The zero-order valence-electron chi connectivity index (χ0n) is 27.1. The van der Waals surface area contributed by atoms with Crippen molar-refractivity contribution in [2.24, 2.45) is 0 Å². The molecule has 0 bridgehead atoms. The third-order valence-electron chi connectivity index (χ3n) is 7.83. The number of nitrogens with zero attached hydrogens (tertiary/aromatic N) is 3. The molecule has 0 atom stereocenters. The first kappa shape index (κ1) is 32.4. The average Bonchev–Trinajstić information content (AvgIpc) is 3.67. The number of aromatic nitrogens is 5. The summed E-state index contributed by atoms with van der Waals surface area (Å²) < 4.78 is 18.1. The summed E-state index contributed by atoms with van der Waals surface area (Å²) in [4.78, 5) is 12.4. The number of pyridine rings is 2. The van der Waals surface area contributed by atoms with Gasteiger partial charge < -0.3 is 10.3 Å². The third-order valence-corrected chi connectivity index (χ3v) is 8.67. The number of H-pyrrole nitrogens is 2. The molecule has 0 aliphatic rings. The number of hydrogen-bond donors (Lipinski definition) is 4. The van der Waals surface area contributed by atoms with Gasteiger partial charge >= 0.3 is 0 Å². The molecule has 4 heterocycles. The number of fused-ring (bicyclic) bond motifs is 1. The van der Waals surface area contributed by atoms with Crippen LogP contribution in [0.5, 0.6) is 0 Å². The van der Waals surface area contributed by atoms with E-state index in [2.05, 4.69) is 72.2 Å². The summed E-state index contributed by atoms with van der Waals surface area (Å²) in [6.07, 6.45) is 13.7. The van der Waals surface area contributed by atoms with Crippen LogP contribution in [-0.2, 0) is 13.0 Å². The highest BCUT2D eigenvalue weighted by Crippen LogP contribution is 2.32. The van der Waals surface area contributed by atoms with Crippen molar-refractivity contribution in [1.29, 1.82) is 0 Å². The van der Waals surface area contributed by atoms with Gasteiger partial charge in [0.05, 0.1) is 34.6 Å². The van der Waals surface area contributed by atoms with Crippen molar-refractivity contribution < 1.29 is 4.39 Å². The molecule has 4 aromatic heterocycles. The zero-order chi connectivity index (χ0) is 33.8. The minimum Gasteiger partial charge on any atom is -0.358 e. The van der Waals surface area contributed by atoms with E-state index in [0.29, 0.717) is 13.0 Å². The number of allylic oxidation sites excluding steroid dienone is 2. The lowest BCUT2D eigenvalue weighted by atomic mass is 10.0. The van der Waals surface area contributed by atoms with Crippen molar-refractivity contribution in [1.82, 2.24) is 29.9 Å². The van der Waals surface area contributed by atoms with E-state index in [1.807, 2.05) is 61.7 Å². The Balaban J connectivity index is 1.32. The summed E-state index contributed by atoms with van der Waals surface area (Å²) >= 11 is 0. The lowest BCUT2D eigenvalue weighted by molar-refractivity contribution is 0.625. The fourth-order valence-electron chi connectivity index (χ4n) is 5.54. The molecule has 0 saturated carbocycles. The molecule has 48 heavy (non-hydrogen) atoms. The molecule has 0 radical (unpaired) electrons. The van der Waals surface area contributed by atoms with Gasteiger partial charge in [0.2, 0.25) is 0 Å². The van der Waals surface area contributed by atoms with Gasteiger partial charge in [-0.15, -0.1) is 0 Å². The van der Waals surface area contributed by atoms with E-state index < -0.39 is 9.39 Å². The Bertz CT molecular complexity index is 2390. The molecule has 0 saturated heterocycles. The van der Waals surface area contributed by atoms with Crippen LogP contribution >= 0.6 is 9.39 Å². The predicted molar refractivity (Wildman–Crippen MR) is 204 cm³/mol. The van der Waals surface area contributed by atoms with Crippen LogP contribution in [0.4, 0.5) is 10.1 Å². The van der Waals surface area contributed by atoms with Crippen LogP contribution in [0.3, 0.4) is 0 Å². The largest absolute Gasteiger partial charge is 0.358 e. The number of rotatable bonds is 11. The summed E-state index contributed by atoms with van der Waals surface area (Å²) in [7, 11) is -1.45. The van der Waals surface area contributed by atoms with Gasteiger partial charge in [-0.1, -0.05) is 61.3 Å². The Morgan fingerprint density at radius 2 is 1.75 bits per heavy atom. The molecule has 0 spiro atoms. The maximum absolute atomic E-state index is 14.8. The molecule has 4 N–H and O–H groups in total. The fourth-order valence-corrected chi connectivity index (χ4v) is 6.06. The molecule has 0 aliphatic heterocycles. The number of halogens is 1. The first-order valence-electron chi connectivity index (χ1n) is 15.4. The maximum Gasteiger partial charge on any atom is 0.124 e. The smallest absolute Gasteiger partial charge is 0.124 e. The molecule has 7 nitrogen and oxygen atoms in total. The molecule has 0 aliphatic carbocycles. The Hall–Kier alpha value is -5.51. The summed E-state index contributed by atoms with van der Waals surface area (Å²) in [6.45, 7) is 11.0. The lowest BCUT2D eigenvalue weighted by Gasteiger charge is -2.12. The minimum absolute atomic E-state index is 0.318. The van der Waals surface area contributed by atoms with Crippen LogP contribution in [0.25, 0.3) is 51.1 Å². The number of anilines is 1. The molecule has 0 unspecified atom stereocenters. The van der Waals surface area contributed by atoms with Crippen LogP contribution in [-0.4, -0.2) is 43.1 Å². The van der Waals surface area contributed by atoms with Crippen molar-refractivity contribution in [2.75, 3.05) is 11.6 Å². The van der Waals surface area contributed by atoms with Crippen molar-refractivity contribution in [3.8, 4) is 22.5 Å². The monoisotopic (exact) mass is 655 g/mol. The van der Waals surface area contributed by atoms with Crippen molar-refractivity contribution in [2.45, 2.75) is 19.9 Å². The van der Waals surface area contributed by atoms with E-state index >= 15 is 0 Å². The van der Waals surface area contributed by atoms with Gasteiger partial charge in [-0.05, 0) is 71.9 Å². The Kier molecular flexibility index (Phi) is 9.25. The summed E-state index contributed by atoms with van der Waals surface area (Å²) in [6, 6.07) is 19.3. The molecule has 2 aromatic carbocycles. The molecule has 0 fully saturated rings. The molecular weight excluding hydrogens is 618 g/mol. The highest BCUT2D eigenvalue weighted by atomic mass is 32.2. The van der Waals surface area contributed by atoms with Gasteiger partial charge in [0, 0.05) is 52.8 Å². The van der Waals surface area contributed by atoms with Gasteiger partial charge in [0.15, 0.2) is 0 Å². The average molecular weight is 656 g/mol. The second-order valence-corrected chi connectivity index (χ2v) is 14.8. The van der Waals surface area contributed by atoms with Crippen molar-refractivity contribution >= 4 is 55.4 Å². The van der Waals surface area contributed by atoms with E-state index in [0.717, 1.165) is 72.1 Å². The summed E-state index contributed by atoms with van der Waals surface area (Å²) in [5, 5.41) is 13.8. The van der Waals surface area contributed by atoms with Gasteiger partial charge in [0.25, 0.3) is 0 Å². The Labute approximate surface area is 280 Å². The molecule has 6 rings (SSSR count). The third kappa shape index (κ3) is 7.54. The topological polar surface area (TPSA) is 94.3 Å². The van der Waals surface area contributed by atoms with Crippen LogP contribution in [0.15, 0.2) is 104 Å². The second kappa shape index (κ2) is 13.7. The normalized spacial score (nSPS) is 12.5. The first-order valence-corrected chi connectivity index (χ1v) is 17.8. The van der Waals surface area contributed by atoms with Crippen LogP contribution in [0.1, 0.15) is 23.6 Å². The predicted octanol–water partition coefficient (Wildman–Crippen LogP) is 6.92. The highest BCUT2D eigenvalue weighted by Gasteiger charge is 2.14. The molecular formula is C39H38FN7S. The van der Waals surface area contributed by atoms with Gasteiger partial charge in [-0.25, -0.2) is 4.39 Å². The molecule has 242 valence electrons. The molecule has 6 aromatic rings. The first-order chi connectivity index (χ1) is 23.1. The van der Waals surface area contributed by atoms with Crippen LogP contribution in [0.2, 0.25) is 0 Å². The van der Waals surface area contributed by atoms with E-state index in [1.165, 1.54) is 17.7 Å². The molecule has 9 heteroatoms. The quantitative estimate of drug-likeness (QED) is 0.114. The zero-order valence-corrected chi connectivity index (χ0v) is 27.9. The summed E-state index contributed by atoms with van der Waals surface area (Å²) in [5.74, 6) is 7.81. The number of hydrogen-bond acceptors (Lipinski definition) is 5. The van der Waals surface area contributed by atoms with Crippen molar-refractivity contribution in [3.05, 3.63) is 137 Å². The van der Waals surface area contributed by atoms with Gasteiger partial charge in [-0.2, -0.15) is 14.5 Å². The number of benzene rings is 2. The van der Waals surface area contributed by atoms with E-state index in [9.17, 15) is 4.39 Å². The summed E-state index contributed by atoms with van der Waals surface area (Å²) in [5.41, 5.74) is 9.20.